The number of aliphatic hydroxyl groups is 1. The average molecular weight is 395 g/mol. The molecule has 3 aromatic rings. The van der Waals surface area contributed by atoms with E-state index in [-0.39, 0.29) is 11.9 Å². The monoisotopic (exact) mass is 395 g/mol. The number of fused-ring (bicyclic) bond motifs is 5. The number of hydrogen-bond donors (Lipinski definition) is 2. The van der Waals surface area contributed by atoms with Gasteiger partial charge in [-0.05, 0) is 37.1 Å². The summed E-state index contributed by atoms with van der Waals surface area (Å²) in [6.07, 6.45) is 4.28. The van der Waals surface area contributed by atoms with Gasteiger partial charge in [0.2, 0.25) is 0 Å². The Morgan fingerprint density at radius 1 is 1.31 bits per heavy atom. The summed E-state index contributed by atoms with van der Waals surface area (Å²) in [4.78, 5) is 6.81. The van der Waals surface area contributed by atoms with Gasteiger partial charge in [-0.25, -0.2) is 13.9 Å². The molecule has 0 aliphatic carbocycles. The number of benzene rings is 1. The van der Waals surface area contributed by atoms with Gasteiger partial charge < -0.3 is 20.1 Å². The molecule has 2 aliphatic heterocycles. The number of halogens is 1. The van der Waals surface area contributed by atoms with Crippen LogP contribution < -0.4 is 15.0 Å². The van der Waals surface area contributed by atoms with E-state index in [1.54, 1.807) is 16.8 Å². The van der Waals surface area contributed by atoms with Crippen LogP contribution in [0.15, 0.2) is 43.2 Å². The maximum atomic E-state index is 14.1. The largest absolute Gasteiger partial charge is 0.493 e. The number of ether oxygens (including phenoxy) is 1. The summed E-state index contributed by atoms with van der Waals surface area (Å²) in [6, 6.07) is 6.19. The molecule has 29 heavy (non-hydrogen) atoms. The topological polar surface area (TPSA) is 74.9 Å². The van der Waals surface area contributed by atoms with E-state index in [0.717, 1.165) is 23.2 Å². The van der Waals surface area contributed by atoms with Gasteiger partial charge in [0, 0.05) is 30.5 Å². The van der Waals surface area contributed by atoms with Crippen molar-refractivity contribution in [3.05, 3.63) is 60.2 Å². The summed E-state index contributed by atoms with van der Waals surface area (Å²) in [5.41, 5.74) is 2.99. The van der Waals surface area contributed by atoms with Crippen molar-refractivity contribution in [1.29, 1.82) is 0 Å². The lowest BCUT2D eigenvalue weighted by atomic mass is 10.0. The van der Waals surface area contributed by atoms with Gasteiger partial charge in [0.1, 0.15) is 17.4 Å². The maximum Gasteiger partial charge on any atom is 0.166 e. The fraction of sp³-hybridized carbons (Fsp3) is 0.333. The van der Waals surface area contributed by atoms with Crippen LogP contribution >= 0.6 is 0 Å². The van der Waals surface area contributed by atoms with Crippen molar-refractivity contribution >= 4 is 17.2 Å². The maximum absolute atomic E-state index is 14.1. The Kier molecular flexibility index (Phi) is 4.35. The van der Waals surface area contributed by atoms with Crippen molar-refractivity contribution in [3.63, 3.8) is 0 Å². The third-order valence-electron chi connectivity index (χ3n) is 5.50. The molecule has 0 saturated carbocycles. The smallest absolute Gasteiger partial charge is 0.166 e. The normalized spacial score (nSPS) is 22.0. The molecule has 2 aliphatic rings. The van der Waals surface area contributed by atoms with Crippen molar-refractivity contribution in [3.8, 4) is 5.75 Å². The second-order valence-corrected chi connectivity index (χ2v) is 7.46. The Hall–Kier alpha value is -3.13. The highest BCUT2D eigenvalue weighted by atomic mass is 19.1. The zero-order chi connectivity index (χ0) is 20.0. The minimum atomic E-state index is -0.536. The summed E-state index contributed by atoms with van der Waals surface area (Å²) in [5, 5.41) is 18.1. The third kappa shape index (κ3) is 3.19. The van der Waals surface area contributed by atoms with Gasteiger partial charge in [-0.15, -0.1) is 0 Å². The number of anilines is 1. The van der Waals surface area contributed by atoms with Crippen molar-refractivity contribution < 1.29 is 14.2 Å². The Bertz CT molecular complexity index is 1080. The van der Waals surface area contributed by atoms with E-state index in [1.165, 1.54) is 12.1 Å². The number of nitrogens with zero attached hydrogens (tertiary/aromatic N) is 4. The molecule has 1 fully saturated rings. The summed E-state index contributed by atoms with van der Waals surface area (Å²) >= 11 is 0. The minimum absolute atomic E-state index is 0.235. The fourth-order valence-electron chi connectivity index (χ4n) is 4.09. The summed E-state index contributed by atoms with van der Waals surface area (Å²) in [6.45, 7) is 5.70. The Morgan fingerprint density at radius 3 is 3.10 bits per heavy atom. The van der Waals surface area contributed by atoms with Crippen molar-refractivity contribution in [1.82, 2.24) is 19.9 Å². The molecule has 2 bridgehead atoms. The van der Waals surface area contributed by atoms with Gasteiger partial charge in [-0.2, -0.15) is 5.10 Å². The molecular weight excluding hydrogens is 373 g/mol. The number of aromatic nitrogens is 3. The van der Waals surface area contributed by atoms with Crippen LogP contribution in [-0.4, -0.2) is 45.5 Å². The average Bonchev–Trinajstić information content (AvgIpc) is 3.31. The van der Waals surface area contributed by atoms with Crippen LogP contribution in [0.25, 0.3) is 11.3 Å². The number of hydrogen-bond acceptors (Lipinski definition) is 6. The Morgan fingerprint density at radius 2 is 2.21 bits per heavy atom. The quantitative estimate of drug-likeness (QED) is 0.609. The van der Waals surface area contributed by atoms with E-state index in [2.05, 4.69) is 17.0 Å². The van der Waals surface area contributed by atoms with Gasteiger partial charge in [0.05, 0.1) is 30.5 Å². The number of nitrogens with one attached hydrogen (secondary N) is 1. The zero-order valence-electron chi connectivity index (χ0n) is 15.9. The highest BCUT2D eigenvalue weighted by Crippen LogP contribution is 2.40. The molecule has 2 N–H and O–H groups in total. The highest BCUT2D eigenvalue weighted by Gasteiger charge is 2.35. The van der Waals surface area contributed by atoms with Crippen LogP contribution in [0.5, 0.6) is 5.75 Å². The second kappa shape index (κ2) is 7.04. The van der Waals surface area contributed by atoms with Crippen LogP contribution in [0, 0.1) is 5.82 Å². The fourth-order valence-corrected chi connectivity index (χ4v) is 4.09. The lowest BCUT2D eigenvalue weighted by Gasteiger charge is -2.27. The standard InChI is InChI=1S/C21H22FN5O2/c1-13-17-11-24-27-7-5-20(25-21(17)27)26-12-15(28)10-18(26)16-9-14(22)3-4-19(16)29-8-2-6-23-13/h3-5,7,9,11,15,18,23,28H,1-2,6,8,10,12H2/t15?,18-/m0/s1. The molecule has 5 rings (SSSR count). The van der Waals surface area contributed by atoms with Gasteiger partial charge in [0.15, 0.2) is 5.65 Å². The lowest BCUT2D eigenvalue weighted by molar-refractivity contribution is 0.194. The molecule has 2 atom stereocenters. The first-order valence-corrected chi connectivity index (χ1v) is 9.74. The van der Waals surface area contributed by atoms with E-state index in [0.29, 0.717) is 43.3 Å². The van der Waals surface area contributed by atoms with E-state index in [9.17, 15) is 9.50 Å². The van der Waals surface area contributed by atoms with Crippen LogP contribution in [0.3, 0.4) is 0 Å². The first kappa shape index (κ1) is 17.9. The lowest BCUT2D eigenvalue weighted by Crippen LogP contribution is -2.26. The summed E-state index contributed by atoms with van der Waals surface area (Å²) < 4.78 is 21.8. The van der Waals surface area contributed by atoms with E-state index >= 15 is 0 Å². The van der Waals surface area contributed by atoms with Gasteiger partial charge in [0.25, 0.3) is 0 Å². The summed E-state index contributed by atoms with van der Waals surface area (Å²) in [5.74, 6) is 1.01. The van der Waals surface area contributed by atoms with Gasteiger partial charge in [-0.3, -0.25) is 0 Å². The van der Waals surface area contributed by atoms with Crippen LogP contribution in [-0.2, 0) is 0 Å². The van der Waals surface area contributed by atoms with Gasteiger partial charge >= 0.3 is 0 Å². The zero-order valence-corrected chi connectivity index (χ0v) is 15.9. The molecule has 1 unspecified atom stereocenters. The molecule has 2 aromatic heterocycles. The molecule has 4 heterocycles. The molecule has 0 amide bonds. The summed E-state index contributed by atoms with van der Waals surface area (Å²) in [7, 11) is 0. The SMILES string of the molecule is C=C1NCCCOc2ccc(F)cc2[C@@H]2CC(O)CN2c2ccn3ncc1c3n2. The second-order valence-electron chi connectivity index (χ2n) is 7.46. The molecule has 0 spiro atoms. The predicted octanol–water partition coefficient (Wildman–Crippen LogP) is 2.52. The molecule has 0 radical (unpaired) electrons. The predicted molar refractivity (Wildman–Crippen MR) is 107 cm³/mol. The Balaban J connectivity index is 1.66. The number of aliphatic hydroxyl groups excluding tert-OH is 1. The molecule has 7 nitrogen and oxygen atoms in total. The molecular formula is C21H22FN5O2. The molecule has 1 aromatic carbocycles. The van der Waals surface area contributed by atoms with E-state index < -0.39 is 6.10 Å². The van der Waals surface area contributed by atoms with E-state index in [1.807, 2.05) is 17.2 Å². The van der Waals surface area contributed by atoms with Crippen molar-refractivity contribution in [2.24, 2.45) is 0 Å². The molecule has 150 valence electrons. The van der Waals surface area contributed by atoms with Crippen molar-refractivity contribution in [2.45, 2.75) is 25.0 Å². The van der Waals surface area contributed by atoms with Crippen LogP contribution in [0.4, 0.5) is 10.2 Å². The highest BCUT2D eigenvalue weighted by molar-refractivity contribution is 5.74. The van der Waals surface area contributed by atoms with Gasteiger partial charge in [-0.1, -0.05) is 6.58 Å². The minimum Gasteiger partial charge on any atom is -0.493 e. The first-order valence-electron chi connectivity index (χ1n) is 9.74. The molecule has 1 saturated heterocycles. The third-order valence-corrected chi connectivity index (χ3v) is 5.50. The first-order chi connectivity index (χ1) is 14.1. The number of rotatable bonds is 0. The van der Waals surface area contributed by atoms with E-state index in [4.69, 9.17) is 9.72 Å². The van der Waals surface area contributed by atoms with Crippen LogP contribution in [0.1, 0.15) is 30.0 Å². The molecule has 8 heteroatoms. The van der Waals surface area contributed by atoms with Crippen LogP contribution in [0.2, 0.25) is 0 Å². The van der Waals surface area contributed by atoms with Crippen molar-refractivity contribution in [2.75, 3.05) is 24.6 Å². The Labute approximate surface area is 167 Å².